The molecule has 0 bridgehead atoms. The Labute approximate surface area is 77.6 Å². The van der Waals surface area contributed by atoms with E-state index in [1.807, 2.05) is 0 Å². The van der Waals surface area contributed by atoms with Gasteiger partial charge in [-0.1, -0.05) is 18.2 Å². The predicted octanol–water partition coefficient (Wildman–Crippen LogP) is 2.61. The minimum Gasteiger partial charge on any atom is -0.302 e. The average Bonchev–Trinajstić information content (AvgIpc) is 2.09. The Bertz CT molecular complexity index is 329. The van der Waals surface area contributed by atoms with Crippen LogP contribution in [-0.4, -0.2) is 6.29 Å². The van der Waals surface area contributed by atoms with Crippen molar-refractivity contribution in [2.75, 3.05) is 0 Å². The highest BCUT2D eigenvalue weighted by molar-refractivity contribution is 5.67. The van der Waals surface area contributed by atoms with Crippen LogP contribution in [0.1, 0.15) is 25.0 Å². The summed E-state index contributed by atoms with van der Waals surface area (Å²) in [6.07, 6.45) is 0.769. The third-order valence-corrected chi connectivity index (χ3v) is 2.18. The first-order chi connectivity index (χ1) is 5.99. The van der Waals surface area contributed by atoms with Crippen molar-refractivity contribution in [2.24, 2.45) is 0 Å². The maximum absolute atomic E-state index is 13.5. The molecule has 0 aliphatic carbocycles. The van der Waals surface area contributed by atoms with Crippen LogP contribution in [0.5, 0.6) is 0 Å². The van der Waals surface area contributed by atoms with Crippen LogP contribution in [0.2, 0.25) is 0 Å². The molecule has 0 aliphatic heterocycles. The molecule has 1 rings (SSSR count). The molecule has 0 N–H and O–H groups in total. The Morgan fingerprint density at radius 3 is 2.54 bits per heavy atom. The lowest BCUT2D eigenvalue weighted by molar-refractivity contribution is -0.111. The summed E-state index contributed by atoms with van der Waals surface area (Å²) in [7, 11) is 0. The topological polar surface area (TPSA) is 17.1 Å². The minimum absolute atomic E-state index is 0.278. The van der Waals surface area contributed by atoms with Crippen LogP contribution >= 0.6 is 0 Å². The molecule has 0 saturated carbocycles. The highest BCUT2D eigenvalue weighted by Crippen LogP contribution is 2.24. The van der Waals surface area contributed by atoms with Gasteiger partial charge in [-0.15, -0.1) is 0 Å². The molecule has 0 atom stereocenters. The number of benzene rings is 1. The Kier molecular flexibility index (Phi) is 2.50. The summed E-state index contributed by atoms with van der Waals surface area (Å²) in [6, 6.07) is 5.11. The molecule has 0 aromatic heterocycles. The maximum Gasteiger partial charge on any atom is 0.130 e. The molecule has 0 heterocycles. The van der Waals surface area contributed by atoms with E-state index >= 15 is 0 Å². The first kappa shape index (κ1) is 9.90. The highest BCUT2D eigenvalue weighted by Gasteiger charge is 2.23. The molecular formula is C11H13FO. The SMILES string of the molecule is Cc1cccc(C(C)(C)C=O)c1F. The Balaban J connectivity index is 3.30. The number of aldehydes is 1. The van der Waals surface area contributed by atoms with E-state index in [-0.39, 0.29) is 5.82 Å². The molecule has 0 aliphatic rings. The van der Waals surface area contributed by atoms with E-state index < -0.39 is 5.41 Å². The Hall–Kier alpha value is -1.18. The lowest BCUT2D eigenvalue weighted by atomic mass is 9.85. The van der Waals surface area contributed by atoms with E-state index in [1.54, 1.807) is 39.0 Å². The largest absolute Gasteiger partial charge is 0.302 e. The van der Waals surface area contributed by atoms with E-state index in [0.717, 1.165) is 6.29 Å². The normalized spacial score (nSPS) is 11.4. The van der Waals surface area contributed by atoms with Crippen LogP contribution in [-0.2, 0) is 10.2 Å². The number of rotatable bonds is 2. The fourth-order valence-electron chi connectivity index (χ4n) is 1.21. The molecule has 0 amide bonds. The molecular weight excluding hydrogens is 167 g/mol. The Morgan fingerprint density at radius 1 is 1.38 bits per heavy atom. The highest BCUT2D eigenvalue weighted by atomic mass is 19.1. The molecule has 0 fully saturated rings. The molecule has 0 spiro atoms. The summed E-state index contributed by atoms with van der Waals surface area (Å²) in [6.45, 7) is 5.11. The van der Waals surface area contributed by atoms with Crippen LogP contribution in [0.25, 0.3) is 0 Å². The second kappa shape index (κ2) is 3.29. The van der Waals surface area contributed by atoms with E-state index in [4.69, 9.17) is 0 Å². The standard InChI is InChI=1S/C11H13FO/c1-8-5-4-6-9(10(8)12)11(2,3)7-13/h4-7H,1-3H3. The molecule has 70 valence electrons. The van der Waals surface area contributed by atoms with Gasteiger partial charge in [-0.05, 0) is 26.3 Å². The zero-order chi connectivity index (χ0) is 10.1. The molecule has 1 nitrogen and oxygen atoms in total. The second-order valence-corrected chi connectivity index (χ2v) is 3.78. The summed E-state index contributed by atoms with van der Waals surface area (Å²) >= 11 is 0. The zero-order valence-corrected chi connectivity index (χ0v) is 8.10. The summed E-state index contributed by atoms with van der Waals surface area (Å²) in [5.41, 5.74) is 0.297. The van der Waals surface area contributed by atoms with E-state index in [2.05, 4.69) is 0 Å². The summed E-state index contributed by atoms with van der Waals surface area (Å²) < 4.78 is 13.5. The molecule has 0 radical (unpaired) electrons. The molecule has 13 heavy (non-hydrogen) atoms. The van der Waals surface area contributed by atoms with E-state index in [9.17, 15) is 9.18 Å². The van der Waals surface area contributed by atoms with E-state index in [1.165, 1.54) is 0 Å². The van der Waals surface area contributed by atoms with Gasteiger partial charge in [-0.3, -0.25) is 0 Å². The fourth-order valence-corrected chi connectivity index (χ4v) is 1.21. The van der Waals surface area contributed by atoms with Crippen LogP contribution in [0.4, 0.5) is 4.39 Å². The van der Waals surface area contributed by atoms with Gasteiger partial charge in [0.25, 0.3) is 0 Å². The number of hydrogen-bond acceptors (Lipinski definition) is 1. The van der Waals surface area contributed by atoms with Gasteiger partial charge in [0.2, 0.25) is 0 Å². The van der Waals surface area contributed by atoms with Gasteiger partial charge in [0, 0.05) is 11.0 Å². The second-order valence-electron chi connectivity index (χ2n) is 3.78. The Morgan fingerprint density at radius 2 is 2.00 bits per heavy atom. The first-order valence-corrected chi connectivity index (χ1v) is 4.21. The smallest absolute Gasteiger partial charge is 0.130 e. The molecule has 0 unspecified atom stereocenters. The van der Waals surface area contributed by atoms with Crippen LogP contribution < -0.4 is 0 Å². The van der Waals surface area contributed by atoms with Gasteiger partial charge in [-0.25, -0.2) is 4.39 Å². The van der Waals surface area contributed by atoms with Crippen molar-refractivity contribution in [2.45, 2.75) is 26.2 Å². The number of hydrogen-bond donors (Lipinski definition) is 0. The number of carbonyl (C=O) groups is 1. The van der Waals surface area contributed by atoms with Gasteiger partial charge in [0.15, 0.2) is 0 Å². The molecule has 0 saturated heterocycles. The number of carbonyl (C=O) groups excluding carboxylic acids is 1. The lowest BCUT2D eigenvalue weighted by Gasteiger charge is -2.18. The molecule has 1 aromatic rings. The lowest BCUT2D eigenvalue weighted by Crippen LogP contribution is -2.20. The van der Waals surface area contributed by atoms with Crippen molar-refractivity contribution in [1.82, 2.24) is 0 Å². The zero-order valence-electron chi connectivity index (χ0n) is 8.10. The van der Waals surface area contributed by atoms with Crippen molar-refractivity contribution < 1.29 is 9.18 Å². The van der Waals surface area contributed by atoms with Crippen LogP contribution in [0.15, 0.2) is 18.2 Å². The third-order valence-electron chi connectivity index (χ3n) is 2.18. The fraction of sp³-hybridized carbons (Fsp3) is 0.364. The monoisotopic (exact) mass is 180 g/mol. The van der Waals surface area contributed by atoms with Gasteiger partial charge in [0.1, 0.15) is 12.1 Å². The summed E-state index contributed by atoms with van der Waals surface area (Å²) in [4.78, 5) is 10.7. The van der Waals surface area contributed by atoms with Crippen LogP contribution in [0, 0.1) is 12.7 Å². The maximum atomic E-state index is 13.5. The summed E-state index contributed by atoms with van der Waals surface area (Å²) in [5.74, 6) is -0.278. The van der Waals surface area contributed by atoms with Gasteiger partial charge >= 0.3 is 0 Å². The third kappa shape index (κ3) is 1.77. The summed E-state index contributed by atoms with van der Waals surface area (Å²) in [5, 5.41) is 0. The van der Waals surface area contributed by atoms with E-state index in [0.29, 0.717) is 11.1 Å². The van der Waals surface area contributed by atoms with Gasteiger partial charge in [0.05, 0.1) is 0 Å². The molecule has 2 heteroatoms. The van der Waals surface area contributed by atoms with Gasteiger partial charge < -0.3 is 4.79 Å². The van der Waals surface area contributed by atoms with Crippen molar-refractivity contribution in [3.8, 4) is 0 Å². The average molecular weight is 180 g/mol. The van der Waals surface area contributed by atoms with Crippen molar-refractivity contribution in [1.29, 1.82) is 0 Å². The quantitative estimate of drug-likeness (QED) is 0.639. The predicted molar refractivity (Wildman–Crippen MR) is 50.2 cm³/mol. The first-order valence-electron chi connectivity index (χ1n) is 4.21. The molecule has 1 aromatic carbocycles. The minimum atomic E-state index is -0.740. The van der Waals surface area contributed by atoms with Crippen molar-refractivity contribution in [3.63, 3.8) is 0 Å². The van der Waals surface area contributed by atoms with Gasteiger partial charge in [-0.2, -0.15) is 0 Å². The number of aryl methyl sites for hydroxylation is 1. The van der Waals surface area contributed by atoms with Crippen LogP contribution in [0.3, 0.4) is 0 Å². The number of halogens is 1. The van der Waals surface area contributed by atoms with Crippen molar-refractivity contribution in [3.05, 3.63) is 35.1 Å². The van der Waals surface area contributed by atoms with Crippen molar-refractivity contribution >= 4 is 6.29 Å².